The molecule has 1 aromatic carbocycles. The molecule has 0 bridgehead atoms. The maximum atomic E-state index is 11.1. The van der Waals surface area contributed by atoms with Gasteiger partial charge in [-0.3, -0.25) is 4.79 Å². The van der Waals surface area contributed by atoms with E-state index in [1.807, 2.05) is 6.07 Å². The molecule has 0 radical (unpaired) electrons. The van der Waals surface area contributed by atoms with Crippen LogP contribution in [0, 0.1) is 23.2 Å². The van der Waals surface area contributed by atoms with Crippen molar-refractivity contribution in [1.82, 2.24) is 0 Å². The molecule has 74 valence electrons. The van der Waals surface area contributed by atoms with Gasteiger partial charge in [0.2, 0.25) is 0 Å². The van der Waals surface area contributed by atoms with Crippen molar-refractivity contribution in [3.63, 3.8) is 0 Å². The average Bonchev–Trinajstić information content (AvgIpc) is 2.20. The lowest BCUT2D eigenvalue weighted by Gasteiger charge is -2.00. The Labute approximate surface area is 88.0 Å². The summed E-state index contributed by atoms with van der Waals surface area (Å²) in [6.45, 7) is 1.38. The van der Waals surface area contributed by atoms with Crippen molar-refractivity contribution in [2.24, 2.45) is 0 Å². The number of phenols is 1. The first-order valence-corrected chi connectivity index (χ1v) is 4.35. The molecule has 0 aliphatic rings. The Balaban J connectivity index is 3.05. The molecule has 0 fully saturated rings. The molecule has 15 heavy (non-hydrogen) atoms. The predicted molar refractivity (Wildman–Crippen MR) is 55.2 cm³/mol. The highest BCUT2D eigenvalue weighted by molar-refractivity contribution is 5.97. The van der Waals surface area contributed by atoms with Crippen LogP contribution in [0.3, 0.4) is 0 Å². The lowest BCUT2D eigenvalue weighted by atomic mass is 10.1. The Morgan fingerprint density at radius 1 is 1.53 bits per heavy atom. The predicted octanol–water partition coefficient (Wildman–Crippen LogP) is 1.86. The first kappa shape index (κ1) is 10.8. The second-order valence-electron chi connectivity index (χ2n) is 2.92. The maximum Gasteiger partial charge on any atom is 0.163 e. The van der Waals surface area contributed by atoms with Crippen LogP contribution < -0.4 is 0 Å². The number of aromatic hydroxyl groups is 1. The number of nitriles is 1. The number of Topliss-reactive ketones (excluding diaryl/α,β-unsaturated/α-hetero) is 1. The van der Waals surface area contributed by atoms with Gasteiger partial charge in [-0.2, -0.15) is 5.26 Å². The standard InChI is InChI=1S/C12H9NO2/c1-9(14)11-8-10(4-2-3-7-13)5-6-12(11)15/h5-6,8,15H,3H2,1H3. The molecule has 0 saturated carbocycles. The fraction of sp³-hybridized carbons (Fsp3) is 0.167. The van der Waals surface area contributed by atoms with Crippen LogP contribution in [0.4, 0.5) is 0 Å². The van der Waals surface area contributed by atoms with Gasteiger partial charge in [0, 0.05) is 5.56 Å². The van der Waals surface area contributed by atoms with Crippen molar-refractivity contribution in [2.45, 2.75) is 13.3 Å². The van der Waals surface area contributed by atoms with Gasteiger partial charge in [0.25, 0.3) is 0 Å². The smallest absolute Gasteiger partial charge is 0.163 e. The van der Waals surface area contributed by atoms with Gasteiger partial charge in [-0.05, 0) is 25.1 Å². The van der Waals surface area contributed by atoms with Crippen molar-refractivity contribution < 1.29 is 9.90 Å². The molecule has 1 N–H and O–H groups in total. The van der Waals surface area contributed by atoms with Gasteiger partial charge in [-0.15, -0.1) is 0 Å². The van der Waals surface area contributed by atoms with E-state index in [-0.39, 0.29) is 23.5 Å². The van der Waals surface area contributed by atoms with Crippen molar-refractivity contribution >= 4 is 5.78 Å². The second kappa shape index (κ2) is 4.83. The van der Waals surface area contributed by atoms with E-state index in [9.17, 15) is 9.90 Å². The highest BCUT2D eigenvalue weighted by Crippen LogP contribution is 2.18. The Bertz CT molecular complexity index is 487. The Morgan fingerprint density at radius 2 is 2.27 bits per heavy atom. The number of nitrogens with zero attached hydrogens (tertiary/aromatic N) is 1. The van der Waals surface area contributed by atoms with Crippen LogP contribution in [0.15, 0.2) is 18.2 Å². The summed E-state index contributed by atoms with van der Waals surface area (Å²) >= 11 is 0. The van der Waals surface area contributed by atoms with E-state index < -0.39 is 0 Å². The normalized spacial score (nSPS) is 8.53. The van der Waals surface area contributed by atoms with E-state index in [1.165, 1.54) is 19.1 Å². The average molecular weight is 199 g/mol. The van der Waals surface area contributed by atoms with Gasteiger partial charge in [0.1, 0.15) is 5.75 Å². The van der Waals surface area contributed by atoms with Crippen molar-refractivity contribution in [1.29, 1.82) is 5.26 Å². The largest absolute Gasteiger partial charge is 0.507 e. The minimum absolute atomic E-state index is 0.0478. The minimum Gasteiger partial charge on any atom is -0.507 e. The maximum absolute atomic E-state index is 11.1. The Morgan fingerprint density at radius 3 is 2.87 bits per heavy atom. The van der Waals surface area contributed by atoms with Gasteiger partial charge in [0.05, 0.1) is 18.1 Å². The first-order valence-electron chi connectivity index (χ1n) is 4.35. The van der Waals surface area contributed by atoms with Gasteiger partial charge in [-0.1, -0.05) is 11.8 Å². The van der Waals surface area contributed by atoms with Crippen molar-refractivity contribution in [3.05, 3.63) is 29.3 Å². The molecule has 0 aromatic heterocycles. The molecule has 0 aliphatic heterocycles. The lowest BCUT2D eigenvalue weighted by molar-refractivity contribution is 0.101. The summed E-state index contributed by atoms with van der Waals surface area (Å²) in [4.78, 5) is 11.1. The van der Waals surface area contributed by atoms with Crippen LogP contribution in [-0.4, -0.2) is 10.9 Å². The molecule has 0 aliphatic carbocycles. The quantitative estimate of drug-likeness (QED) is 0.554. The molecule has 3 nitrogen and oxygen atoms in total. The van der Waals surface area contributed by atoms with Gasteiger partial charge >= 0.3 is 0 Å². The molecule has 0 heterocycles. The minimum atomic E-state index is -0.212. The molecule has 0 spiro atoms. The summed E-state index contributed by atoms with van der Waals surface area (Å²) in [7, 11) is 0. The second-order valence-corrected chi connectivity index (χ2v) is 2.92. The number of hydrogen-bond donors (Lipinski definition) is 1. The third-order valence-electron chi connectivity index (χ3n) is 1.78. The van der Waals surface area contributed by atoms with E-state index in [1.54, 1.807) is 6.07 Å². The van der Waals surface area contributed by atoms with Crippen LogP contribution in [0.25, 0.3) is 0 Å². The molecule has 0 atom stereocenters. The molecule has 3 heteroatoms. The molecule has 0 unspecified atom stereocenters. The number of carbonyl (C=O) groups excluding carboxylic acids is 1. The zero-order valence-corrected chi connectivity index (χ0v) is 8.24. The Kier molecular flexibility index (Phi) is 3.49. The Hall–Kier alpha value is -2.26. The highest BCUT2D eigenvalue weighted by atomic mass is 16.3. The van der Waals surface area contributed by atoms with E-state index in [2.05, 4.69) is 11.8 Å². The number of benzene rings is 1. The van der Waals surface area contributed by atoms with Crippen LogP contribution in [0.5, 0.6) is 5.75 Å². The SMILES string of the molecule is CC(=O)c1cc(C#CCC#N)ccc1O. The third kappa shape index (κ3) is 2.86. The number of carbonyl (C=O) groups is 1. The molecule has 0 saturated heterocycles. The van der Waals surface area contributed by atoms with E-state index in [0.29, 0.717) is 5.56 Å². The van der Waals surface area contributed by atoms with Crippen LogP contribution in [-0.2, 0) is 0 Å². The topological polar surface area (TPSA) is 61.1 Å². The summed E-state index contributed by atoms with van der Waals surface area (Å²) in [5.41, 5.74) is 0.868. The highest BCUT2D eigenvalue weighted by Gasteiger charge is 2.05. The number of ketones is 1. The molecular weight excluding hydrogens is 190 g/mol. The van der Waals surface area contributed by atoms with Crippen LogP contribution in [0.2, 0.25) is 0 Å². The fourth-order valence-corrected chi connectivity index (χ4v) is 1.08. The summed E-state index contributed by atoms with van der Waals surface area (Å²) in [5, 5.41) is 17.6. The summed E-state index contributed by atoms with van der Waals surface area (Å²) in [6, 6.07) is 6.44. The third-order valence-corrected chi connectivity index (χ3v) is 1.78. The molecule has 1 rings (SSSR count). The van der Waals surface area contributed by atoms with Gasteiger partial charge in [0.15, 0.2) is 5.78 Å². The summed E-state index contributed by atoms with van der Waals surface area (Å²) in [5.74, 6) is 5.11. The van der Waals surface area contributed by atoms with Crippen molar-refractivity contribution in [2.75, 3.05) is 0 Å². The number of hydrogen-bond acceptors (Lipinski definition) is 3. The van der Waals surface area contributed by atoms with E-state index in [0.717, 1.165) is 0 Å². The van der Waals surface area contributed by atoms with Crippen molar-refractivity contribution in [3.8, 4) is 23.7 Å². The number of phenolic OH excluding ortho intramolecular Hbond substituents is 1. The summed E-state index contributed by atoms with van der Waals surface area (Å²) < 4.78 is 0. The fourth-order valence-electron chi connectivity index (χ4n) is 1.08. The number of rotatable bonds is 1. The zero-order valence-electron chi connectivity index (χ0n) is 8.24. The van der Waals surface area contributed by atoms with Crippen LogP contribution >= 0.6 is 0 Å². The van der Waals surface area contributed by atoms with E-state index >= 15 is 0 Å². The lowest BCUT2D eigenvalue weighted by Crippen LogP contribution is -1.93. The molecule has 1 aromatic rings. The molecular formula is C12H9NO2. The zero-order chi connectivity index (χ0) is 11.3. The monoisotopic (exact) mass is 199 g/mol. The molecule has 0 amide bonds. The van der Waals surface area contributed by atoms with Gasteiger partial charge < -0.3 is 5.11 Å². The van der Waals surface area contributed by atoms with Gasteiger partial charge in [-0.25, -0.2) is 0 Å². The van der Waals surface area contributed by atoms with E-state index in [4.69, 9.17) is 5.26 Å². The van der Waals surface area contributed by atoms with Crippen LogP contribution in [0.1, 0.15) is 29.3 Å². The summed E-state index contributed by atoms with van der Waals surface area (Å²) in [6.07, 6.45) is 0.149. The first-order chi connectivity index (χ1) is 7.15.